The Kier molecular flexibility index (Phi) is 4.39. The quantitative estimate of drug-likeness (QED) is 0.520. The van der Waals surface area contributed by atoms with E-state index in [1.165, 1.54) is 32.2 Å². The third-order valence-corrected chi connectivity index (χ3v) is 3.16. The van der Waals surface area contributed by atoms with E-state index in [1.54, 1.807) is 0 Å². The second-order valence-corrected chi connectivity index (χ2v) is 4.73. The first-order chi connectivity index (χ1) is 6.59. The van der Waals surface area contributed by atoms with E-state index in [0.29, 0.717) is 5.84 Å². The maximum absolute atomic E-state index is 7.33. The molecule has 0 saturated heterocycles. The van der Waals surface area contributed by atoms with Gasteiger partial charge in [0.2, 0.25) is 0 Å². The highest BCUT2D eigenvalue weighted by Crippen LogP contribution is 2.25. The molecule has 0 amide bonds. The van der Waals surface area contributed by atoms with Crippen LogP contribution in [0, 0.1) is 17.2 Å². The average Bonchev–Trinajstić information content (AvgIpc) is 2.56. The van der Waals surface area contributed by atoms with Crippen LogP contribution >= 0.6 is 0 Å². The summed E-state index contributed by atoms with van der Waals surface area (Å²) in [6.07, 6.45) is 5.58. The van der Waals surface area contributed by atoms with Crippen molar-refractivity contribution in [1.29, 1.82) is 5.41 Å². The highest BCUT2D eigenvalue weighted by molar-refractivity contribution is 5.79. The molecule has 0 radical (unpaired) electrons. The molecular weight excluding hydrogens is 174 g/mol. The minimum absolute atomic E-state index is 0.196. The van der Waals surface area contributed by atoms with E-state index in [-0.39, 0.29) is 5.92 Å². The minimum Gasteiger partial charge on any atom is -0.387 e. The molecule has 0 spiro atoms. The average molecular weight is 197 g/mol. The summed E-state index contributed by atoms with van der Waals surface area (Å²) in [5, 5.41) is 7.33. The van der Waals surface area contributed by atoms with Crippen molar-refractivity contribution in [3.63, 3.8) is 0 Å². The normalized spacial score (nSPS) is 20.2. The zero-order chi connectivity index (χ0) is 10.6. The zero-order valence-corrected chi connectivity index (χ0v) is 9.42. The number of hydrogen-bond acceptors (Lipinski definition) is 2. The second-order valence-electron chi connectivity index (χ2n) is 4.73. The van der Waals surface area contributed by atoms with Gasteiger partial charge in [0, 0.05) is 19.0 Å². The highest BCUT2D eigenvalue weighted by atomic mass is 15.1. The third kappa shape index (κ3) is 3.66. The lowest BCUT2D eigenvalue weighted by molar-refractivity contribution is 0.264. The van der Waals surface area contributed by atoms with E-state index in [4.69, 9.17) is 11.1 Å². The molecule has 1 fully saturated rings. The maximum Gasteiger partial charge on any atom is 0.0947 e. The molecule has 1 atom stereocenters. The van der Waals surface area contributed by atoms with E-state index < -0.39 is 0 Å². The topological polar surface area (TPSA) is 53.1 Å². The fourth-order valence-electron chi connectivity index (χ4n) is 2.27. The number of nitrogens with two attached hydrogens (primary N) is 1. The van der Waals surface area contributed by atoms with Crippen LogP contribution in [0.1, 0.15) is 32.6 Å². The molecule has 1 rings (SSSR count). The Balaban J connectivity index is 2.20. The van der Waals surface area contributed by atoms with E-state index >= 15 is 0 Å². The highest BCUT2D eigenvalue weighted by Gasteiger charge is 2.18. The lowest BCUT2D eigenvalue weighted by atomic mass is 10.1. The summed E-state index contributed by atoms with van der Waals surface area (Å²) < 4.78 is 0. The van der Waals surface area contributed by atoms with Gasteiger partial charge >= 0.3 is 0 Å². The number of nitrogens with one attached hydrogen (secondary N) is 1. The van der Waals surface area contributed by atoms with Gasteiger partial charge in [0.05, 0.1) is 5.84 Å². The van der Waals surface area contributed by atoms with Gasteiger partial charge in [-0.1, -0.05) is 19.8 Å². The molecule has 0 aliphatic heterocycles. The number of amidine groups is 1. The van der Waals surface area contributed by atoms with E-state index in [2.05, 4.69) is 11.9 Å². The predicted molar refractivity (Wildman–Crippen MR) is 60.5 cm³/mol. The van der Waals surface area contributed by atoms with Gasteiger partial charge in [-0.15, -0.1) is 0 Å². The molecule has 0 bridgehead atoms. The van der Waals surface area contributed by atoms with Crippen molar-refractivity contribution in [1.82, 2.24) is 4.90 Å². The Hall–Kier alpha value is -0.570. The summed E-state index contributed by atoms with van der Waals surface area (Å²) in [6, 6.07) is 0. The molecule has 1 saturated carbocycles. The largest absolute Gasteiger partial charge is 0.387 e. The molecule has 0 aromatic rings. The van der Waals surface area contributed by atoms with Crippen LogP contribution < -0.4 is 5.73 Å². The smallest absolute Gasteiger partial charge is 0.0947 e. The fraction of sp³-hybridized carbons (Fsp3) is 0.909. The molecule has 14 heavy (non-hydrogen) atoms. The van der Waals surface area contributed by atoms with Gasteiger partial charge in [-0.2, -0.15) is 0 Å². The van der Waals surface area contributed by atoms with Crippen molar-refractivity contribution in [2.45, 2.75) is 32.6 Å². The zero-order valence-electron chi connectivity index (χ0n) is 9.42. The van der Waals surface area contributed by atoms with Crippen LogP contribution in [0.3, 0.4) is 0 Å². The fourth-order valence-corrected chi connectivity index (χ4v) is 2.27. The summed E-state index contributed by atoms with van der Waals surface area (Å²) in [5.74, 6) is 1.39. The SMILES string of the molecule is CC(CN(C)CC1CCCC1)C(=N)N. The molecule has 1 aliphatic carbocycles. The van der Waals surface area contributed by atoms with Crippen LogP contribution in [-0.4, -0.2) is 30.9 Å². The molecule has 82 valence electrons. The Labute approximate surface area is 87.2 Å². The first kappa shape index (κ1) is 11.5. The lowest BCUT2D eigenvalue weighted by Gasteiger charge is -2.23. The molecule has 3 nitrogen and oxygen atoms in total. The first-order valence-corrected chi connectivity index (χ1v) is 5.62. The third-order valence-electron chi connectivity index (χ3n) is 3.16. The Morgan fingerprint density at radius 2 is 2.07 bits per heavy atom. The minimum atomic E-state index is 0.196. The number of hydrogen-bond donors (Lipinski definition) is 2. The van der Waals surface area contributed by atoms with Gasteiger partial charge in [0.25, 0.3) is 0 Å². The summed E-state index contributed by atoms with van der Waals surface area (Å²) in [6.45, 7) is 4.12. The van der Waals surface area contributed by atoms with Crippen molar-refractivity contribution < 1.29 is 0 Å². The van der Waals surface area contributed by atoms with Crippen LogP contribution in [0.4, 0.5) is 0 Å². The van der Waals surface area contributed by atoms with Gasteiger partial charge < -0.3 is 10.6 Å². The van der Waals surface area contributed by atoms with Gasteiger partial charge in [-0.3, -0.25) is 5.41 Å². The van der Waals surface area contributed by atoms with Gasteiger partial charge in [0.15, 0.2) is 0 Å². The first-order valence-electron chi connectivity index (χ1n) is 5.62. The summed E-state index contributed by atoms with van der Waals surface area (Å²) in [7, 11) is 2.14. The summed E-state index contributed by atoms with van der Waals surface area (Å²) in [4.78, 5) is 2.32. The van der Waals surface area contributed by atoms with E-state index in [9.17, 15) is 0 Å². The molecule has 0 aromatic heterocycles. The van der Waals surface area contributed by atoms with Crippen molar-refractivity contribution in [3.8, 4) is 0 Å². The van der Waals surface area contributed by atoms with Crippen LogP contribution in [0.25, 0.3) is 0 Å². The Morgan fingerprint density at radius 3 is 2.57 bits per heavy atom. The predicted octanol–water partition coefficient (Wildman–Crippen LogP) is 1.68. The summed E-state index contributed by atoms with van der Waals surface area (Å²) >= 11 is 0. The van der Waals surface area contributed by atoms with Crippen LogP contribution in [0.2, 0.25) is 0 Å². The molecule has 1 unspecified atom stereocenters. The molecular formula is C11H23N3. The molecule has 0 heterocycles. The standard InChI is InChI=1S/C11H23N3/c1-9(11(12)13)7-14(2)8-10-5-3-4-6-10/h9-10H,3-8H2,1-2H3,(H3,12,13). The van der Waals surface area contributed by atoms with Crippen molar-refractivity contribution >= 4 is 5.84 Å². The van der Waals surface area contributed by atoms with Gasteiger partial charge in [0.1, 0.15) is 0 Å². The molecule has 3 N–H and O–H groups in total. The molecule has 0 aromatic carbocycles. The lowest BCUT2D eigenvalue weighted by Crippen LogP contribution is -2.34. The van der Waals surface area contributed by atoms with Crippen molar-refractivity contribution in [2.75, 3.05) is 20.1 Å². The van der Waals surface area contributed by atoms with E-state index in [0.717, 1.165) is 12.5 Å². The molecule has 1 aliphatic rings. The van der Waals surface area contributed by atoms with Crippen LogP contribution in [0.15, 0.2) is 0 Å². The van der Waals surface area contributed by atoms with Crippen LogP contribution in [0.5, 0.6) is 0 Å². The van der Waals surface area contributed by atoms with Gasteiger partial charge in [-0.05, 0) is 25.8 Å². The number of rotatable bonds is 5. The maximum atomic E-state index is 7.33. The summed E-state index contributed by atoms with van der Waals surface area (Å²) in [5.41, 5.74) is 5.45. The Morgan fingerprint density at radius 1 is 1.50 bits per heavy atom. The second kappa shape index (κ2) is 5.35. The van der Waals surface area contributed by atoms with Gasteiger partial charge in [-0.25, -0.2) is 0 Å². The molecule has 3 heteroatoms. The van der Waals surface area contributed by atoms with Crippen molar-refractivity contribution in [3.05, 3.63) is 0 Å². The monoisotopic (exact) mass is 197 g/mol. The van der Waals surface area contributed by atoms with E-state index in [1.807, 2.05) is 6.92 Å². The van der Waals surface area contributed by atoms with Crippen LogP contribution in [-0.2, 0) is 0 Å². The Bertz CT molecular complexity index is 185. The number of nitrogens with zero attached hydrogens (tertiary/aromatic N) is 1. The van der Waals surface area contributed by atoms with Crippen molar-refractivity contribution in [2.24, 2.45) is 17.6 Å².